The zero-order valence-electron chi connectivity index (χ0n) is 12.4. The first-order valence-electron chi connectivity index (χ1n) is 6.81. The highest BCUT2D eigenvalue weighted by atomic mass is 32.2. The molecule has 0 bridgehead atoms. The Labute approximate surface area is 135 Å². The summed E-state index contributed by atoms with van der Waals surface area (Å²) in [6.07, 6.45) is -4.77. The SMILES string of the molecule is COc1ccc(C2(C)Nc3ccccc3S2)c(OC(F)(F)F)c1. The maximum absolute atomic E-state index is 12.7. The number of benzene rings is 2. The molecule has 1 aliphatic rings. The van der Waals surface area contributed by atoms with E-state index in [1.54, 1.807) is 12.1 Å². The smallest absolute Gasteiger partial charge is 0.497 e. The molecule has 0 spiro atoms. The third-order valence-electron chi connectivity index (χ3n) is 3.50. The van der Waals surface area contributed by atoms with Crippen LogP contribution in [0.4, 0.5) is 18.9 Å². The molecule has 1 N–H and O–H groups in total. The monoisotopic (exact) mass is 341 g/mol. The van der Waals surface area contributed by atoms with Gasteiger partial charge in [0.15, 0.2) is 0 Å². The van der Waals surface area contributed by atoms with Gasteiger partial charge in [0, 0.05) is 22.2 Å². The summed E-state index contributed by atoms with van der Waals surface area (Å²) >= 11 is 1.45. The van der Waals surface area contributed by atoms with Gasteiger partial charge in [0.1, 0.15) is 16.4 Å². The Balaban J connectivity index is 2.02. The van der Waals surface area contributed by atoms with Gasteiger partial charge in [-0.1, -0.05) is 23.9 Å². The van der Waals surface area contributed by atoms with Gasteiger partial charge < -0.3 is 14.8 Å². The number of thioether (sulfide) groups is 1. The van der Waals surface area contributed by atoms with Gasteiger partial charge in [0.05, 0.1) is 7.11 Å². The molecule has 3 nitrogen and oxygen atoms in total. The lowest BCUT2D eigenvalue weighted by Gasteiger charge is -2.27. The molecule has 3 rings (SSSR count). The molecule has 1 atom stereocenters. The molecule has 122 valence electrons. The average molecular weight is 341 g/mol. The van der Waals surface area contributed by atoms with Crippen LogP contribution in [0.2, 0.25) is 0 Å². The Morgan fingerprint density at radius 2 is 1.87 bits per heavy atom. The van der Waals surface area contributed by atoms with Crippen LogP contribution in [0.5, 0.6) is 11.5 Å². The molecule has 23 heavy (non-hydrogen) atoms. The Morgan fingerprint density at radius 1 is 1.13 bits per heavy atom. The van der Waals surface area contributed by atoms with Crippen LogP contribution >= 0.6 is 11.8 Å². The average Bonchev–Trinajstić information content (AvgIpc) is 2.82. The van der Waals surface area contributed by atoms with E-state index >= 15 is 0 Å². The van der Waals surface area contributed by atoms with Gasteiger partial charge in [0.25, 0.3) is 0 Å². The van der Waals surface area contributed by atoms with Gasteiger partial charge in [-0.25, -0.2) is 0 Å². The molecule has 0 amide bonds. The highest BCUT2D eigenvalue weighted by molar-refractivity contribution is 8.00. The second-order valence-electron chi connectivity index (χ2n) is 5.17. The number of alkyl halides is 3. The zero-order valence-corrected chi connectivity index (χ0v) is 13.2. The summed E-state index contributed by atoms with van der Waals surface area (Å²) in [6, 6.07) is 12.0. The molecule has 7 heteroatoms. The topological polar surface area (TPSA) is 30.5 Å². The van der Waals surface area contributed by atoms with Crippen molar-refractivity contribution in [3.05, 3.63) is 48.0 Å². The quantitative estimate of drug-likeness (QED) is 0.852. The van der Waals surface area contributed by atoms with E-state index in [1.807, 2.05) is 31.2 Å². The van der Waals surface area contributed by atoms with E-state index in [-0.39, 0.29) is 5.75 Å². The van der Waals surface area contributed by atoms with Crippen LogP contribution < -0.4 is 14.8 Å². The van der Waals surface area contributed by atoms with Gasteiger partial charge in [0.2, 0.25) is 0 Å². The van der Waals surface area contributed by atoms with Crippen molar-refractivity contribution < 1.29 is 22.6 Å². The summed E-state index contributed by atoms with van der Waals surface area (Å²) in [5.74, 6) is 0.0317. The standard InChI is InChI=1S/C16H14F3NO2S/c1-15(20-12-5-3-4-6-14(12)23-15)11-8-7-10(21-2)9-13(11)22-16(17,18)19/h3-9,20H,1-2H3. The zero-order chi connectivity index (χ0) is 16.7. The number of nitrogens with one attached hydrogen (secondary N) is 1. The first kappa shape index (κ1) is 15.9. The van der Waals surface area contributed by atoms with Crippen molar-refractivity contribution in [2.75, 3.05) is 12.4 Å². The van der Waals surface area contributed by atoms with Gasteiger partial charge in [-0.2, -0.15) is 0 Å². The van der Waals surface area contributed by atoms with Gasteiger partial charge in [-0.3, -0.25) is 0 Å². The van der Waals surface area contributed by atoms with Crippen molar-refractivity contribution in [1.29, 1.82) is 0 Å². The van der Waals surface area contributed by atoms with E-state index < -0.39 is 11.2 Å². The minimum Gasteiger partial charge on any atom is -0.497 e. The van der Waals surface area contributed by atoms with Crippen LogP contribution in [-0.4, -0.2) is 13.5 Å². The number of rotatable bonds is 3. The van der Waals surface area contributed by atoms with Crippen molar-refractivity contribution >= 4 is 17.4 Å². The van der Waals surface area contributed by atoms with E-state index in [1.165, 1.54) is 24.9 Å². The molecule has 2 aromatic rings. The fourth-order valence-electron chi connectivity index (χ4n) is 2.52. The number of ether oxygens (including phenoxy) is 2. The molecule has 1 heterocycles. The first-order chi connectivity index (χ1) is 10.8. The number of fused-ring (bicyclic) bond motifs is 1. The van der Waals surface area contributed by atoms with Crippen LogP contribution in [0.1, 0.15) is 12.5 Å². The van der Waals surface area contributed by atoms with Crippen molar-refractivity contribution in [1.82, 2.24) is 0 Å². The fourth-order valence-corrected chi connectivity index (χ4v) is 3.77. The van der Waals surface area contributed by atoms with Crippen LogP contribution in [-0.2, 0) is 4.87 Å². The molecule has 0 radical (unpaired) electrons. The van der Waals surface area contributed by atoms with Crippen molar-refractivity contribution in [2.45, 2.75) is 23.1 Å². The predicted octanol–water partition coefficient (Wildman–Crippen LogP) is 4.98. The third-order valence-corrected chi connectivity index (χ3v) is 4.81. The summed E-state index contributed by atoms with van der Waals surface area (Å²) in [5.41, 5.74) is 1.28. The van der Waals surface area contributed by atoms with Crippen molar-refractivity contribution in [3.8, 4) is 11.5 Å². The molecule has 0 saturated carbocycles. The third kappa shape index (κ3) is 3.19. The molecule has 0 fully saturated rings. The number of hydrogen-bond acceptors (Lipinski definition) is 4. The lowest BCUT2D eigenvalue weighted by atomic mass is 10.1. The molecule has 0 aliphatic carbocycles. The largest absolute Gasteiger partial charge is 0.573 e. The Kier molecular flexibility index (Phi) is 3.83. The van der Waals surface area contributed by atoms with Crippen LogP contribution in [0.3, 0.4) is 0 Å². The summed E-state index contributed by atoms with van der Waals surface area (Å²) in [4.78, 5) is 0.208. The fraction of sp³-hybridized carbons (Fsp3) is 0.250. The first-order valence-corrected chi connectivity index (χ1v) is 7.63. The lowest BCUT2D eigenvalue weighted by Crippen LogP contribution is -2.27. The molecule has 0 saturated heterocycles. The predicted molar refractivity (Wildman–Crippen MR) is 83.0 cm³/mol. The molecule has 2 aromatic carbocycles. The molecule has 1 aliphatic heterocycles. The van der Waals surface area contributed by atoms with Gasteiger partial charge in [-0.15, -0.1) is 13.2 Å². The Morgan fingerprint density at radius 3 is 2.52 bits per heavy atom. The minimum absolute atomic E-state index is 0.271. The summed E-state index contributed by atoms with van der Waals surface area (Å²) in [6.45, 7) is 1.82. The summed E-state index contributed by atoms with van der Waals surface area (Å²) in [5, 5.41) is 3.27. The number of hydrogen-bond donors (Lipinski definition) is 1. The summed E-state index contributed by atoms with van der Waals surface area (Å²) < 4.78 is 47.4. The van der Waals surface area contributed by atoms with E-state index in [0.717, 1.165) is 10.6 Å². The normalized spacial score (nSPS) is 19.9. The van der Waals surface area contributed by atoms with Gasteiger partial charge >= 0.3 is 6.36 Å². The van der Waals surface area contributed by atoms with E-state index in [9.17, 15) is 13.2 Å². The van der Waals surface area contributed by atoms with E-state index in [4.69, 9.17) is 4.74 Å². The highest BCUT2D eigenvalue weighted by Crippen LogP contribution is 2.53. The molecule has 0 aromatic heterocycles. The highest BCUT2D eigenvalue weighted by Gasteiger charge is 2.40. The maximum Gasteiger partial charge on any atom is 0.573 e. The van der Waals surface area contributed by atoms with Crippen LogP contribution in [0.15, 0.2) is 47.4 Å². The number of halogens is 3. The number of anilines is 1. The summed E-state index contributed by atoms with van der Waals surface area (Å²) in [7, 11) is 1.40. The molecular weight excluding hydrogens is 327 g/mol. The van der Waals surface area contributed by atoms with Crippen molar-refractivity contribution in [2.24, 2.45) is 0 Å². The number of methoxy groups -OCH3 is 1. The number of para-hydroxylation sites is 1. The Hall–Kier alpha value is -2.02. The van der Waals surface area contributed by atoms with Crippen LogP contribution in [0, 0.1) is 0 Å². The van der Waals surface area contributed by atoms with Crippen LogP contribution in [0.25, 0.3) is 0 Å². The second-order valence-corrected chi connectivity index (χ2v) is 6.63. The van der Waals surface area contributed by atoms with E-state index in [0.29, 0.717) is 11.3 Å². The van der Waals surface area contributed by atoms with E-state index in [2.05, 4.69) is 10.1 Å². The van der Waals surface area contributed by atoms with Gasteiger partial charge in [-0.05, 0) is 31.2 Å². The lowest BCUT2D eigenvalue weighted by molar-refractivity contribution is -0.275. The molecular formula is C16H14F3NO2S. The molecule has 1 unspecified atom stereocenters. The second kappa shape index (κ2) is 5.56. The minimum atomic E-state index is -4.77. The maximum atomic E-state index is 12.7. The Bertz CT molecular complexity index is 709. The van der Waals surface area contributed by atoms with Crippen molar-refractivity contribution in [3.63, 3.8) is 0 Å².